The van der Waals surface area contributed by atoms with Crippen LogP contribution in [0, 0.1) is 24.0 Å². The molecule has 0 saturated carbocycles. The summed E-state index contributed by atoms with van der Waals surface area (Å²) in [5.74, 6) is -1.12. The van der Waals surface area contributed by atoms with Crippen LogP contribution in [0.25, 0.3) is 0 Å². The first-order valence-corrected chi connectivity index (χ1v) is 8.44. The number of nitro benzene ring substituents is 1. The number of ether oxygens (including phenoxy) is 1. The summed E-state index contributed by atoms with van der Waals surface area (Å²) in [6, 6.07) is 1.34. The Morgan fingerprint density at radius 3 is 2.65 bits per heavy atom. The molecular weight excluding hydrogens is 410 g/mol. The fourth-order valence-corrected chi connectivity index (χ4v) is 3.29. The molecule has 0 fully saturated rings. The van der Waals surface area contributed by atoms with Gasteiger partial charge in [0.2, 0.25) is 0 Å². The largest absolute Gasteiger partial charge is 0.466 e. The summed E-state index contributed by atoms with van der Waals surface area (Å²) in [6.07, 6.45) is 0. The number of carbonyl (C=O) groups is 2. The van der Waals surface area contributed by atoms with Crippen LogP contribution in [-0.4, -0.2) is 53.6 Å². The Kier molecular flexibility index (Phi) is 5.98. The number of carbonyl (C=O) groups excluding carboxylic acids is 2. The van der Waals surface area contributed by atoms with Crippen molar-refractivity contribution in [2.75, 3.05) is 32.1 Å². The third-order valence-electron chi connectivity index (χ3n) is 4.22. The number of esters is 1. The van der Waals surface area contributed by atoms with E-state index in [1.54, 1.807) is 13.8 Å². The number of halogens is 1. The summed E-state index contributed by atoms with van der Waals surface area (Å²) < 4.78 is 5.12. The summed E-state index contributed by atoms with van der Waals surface area (Å²) in [4.78, 5) is 36.6. The molecule has 1 aromatic rings. The summed E-state index contributed by atoms with van der Waals surface area (Å²) >= 11 is 3.28. The van der Waals surface area contributed by atoms with Gasteiger partial charge in [-0.25, -0.2) is 4.79 Å². The molecular formula is C16H18BrN3O6. The molecule has 2 rings (SSSR count). The first kappa shape index (κ1) is 19.9. The first-order chi connectivity index (χ1) is 12.2. The molecule has 1 aliphatic heterocycles. The molecule has 1 aliphatic rings. The third kappa shape index (κ3) is 3.56. The van der Waals surface area contributed by atoms with Gasteiger partial charge in [0, 0.05) is 22.6 Å². The van der Waals surface area contributed by atoms with Gasteiger partial charge in [-0.05, 0) is 35.3 Å². The molecule has 0 aromatic heterocycles. The van der Waals surface area contributed by atoms with Gasteiger partial charge in [-0.3, -0.25) is 14.9 Å². The minimum absolute atomic E-state index is 0.0109. The molecule has 1 aromatic carbocycles. The Balaban J connectivity index is 2.51. The summed E-state index contributed by atoms with van der Waals surface area (Å²) in [5, 5.41) is 23.2. The van der Waals surface area contributed by atoms with Gasteiger partial charge in [0.25, 0.3) is 11.6 Å². The quantitative estimate of drug-likeness (QED) is 0.401. The fraction of sp³-hybridized carbons (Fsp3) is 0.375. The predicted octanol–water partition coefficient (Wildman–Crippen LogP) is 1.65. The van der Waals surface area contributed by atoms with E-state index in [0.29, 0.717) is 21.3 Å². The van der Waals surface area contributed by atoms with Crippen molar-refractivity contribution < 1.29 is 24.4 Å². The molecule has 10 heteroatoms. The van der Waals surface area contributed by atoms with Crippen LogP contribution in [0.3, 0.4) is 0 Å². The Hall–Kier alpha value is -2.46. The van der Waals surface area contributed by atoms with Gasteiger partial charge in [-0.2, -0.15) is 0 Å². The summed E-state index contributed by atoms with van der Waals surface area (Å²) in [6.45, 7) is 3.13. The second-order valence-corrected chi connectivity index (χ2v) is 6.53. The molecule has 0 unspecified atom stereocenters. The Labute approximate surface area is 157 Å². The standard InChI is InChI=1S/C16H18BrN3O6/c1-8-9(2)13(11(17)6-12(8)20(24)25)18-14-10(16(23)26-3)7-19(4-5-21)15(14)22/h6,18,21H,4-5,7H2,1-3H3. The lowest BCUT2D eigenvalue weighted by atomic mass is 10.1. The van der Waals surface area contributed by atoms with Crippen molar-refractivity contribution in [3.63, 3.8) is 0 Å². The van der Waals surface area contributed by atoms with Crippen LogP contribution in [-0.2, 0) is 14.3 Å². The fourth-order valence-electron chi connectivity index (χ4n) is 2.68. The maximum atomic E-state index is 12.6. The highest BCUT2D eigenvalue weighted by Gasteiger charge is 2.35. The molecule has 0 radical (unpaired) electrons. The number of methoxy groups -OCH3 is 1. The number of benzene rings is 1. The van der Waals surface area contributed by atoms with Crippen LogP contribution >= 0.6 is 15.9 Å². The van der Waals surface area contributed by atoms with E-state index in [0.717, 1.165) is 0 Å². The Morgan fingerprint density at radius 1 is 1.46 bits per heavy atom. The molecule has 9 nitrogen and oxygen atoms in total. The van der Waals surface area contributed by atoms with Gasteiger partial charge in [0.15, 0.2) is 0 Å². The zero-order valence-electron chi connectivity index (χ0n) is 14.5. The van der Waals surface area contributed by atoms with E-state index in [1.165, 1.54) is 18.1 Å². The Morgan fingerprint density at radius 2 is 2.12 bits per heavy atom. The van der Waals surface area contributed by atoms with Crippen molar-refractivity contribution in [1.29, 1.82) is 0 Å². The highest BCUT2D eigenvalue weighted by molar-refractivity contribution is 9.10. The zero-order valence-corrected chi connectivity index (χ0v) is 16.0. The smallest absolute Gasteiger partial charge is 0.337 e. The highest BCUT2D eigenvalue weighted by atomic mass is 79.9. The molecule has 1 amide bonds. The van der Waals surface area contributed by atoms with E-state index < -0.39 is 16.8 Å². The lowest BCUT2D eigenvalue weighted by Crippen LogP contribution is -2.31. The molecule has 1 heterocycles. The second-order valence-electron chi connectivity index (χ2n) is 5.68. The Bertz CT molecular complexity index is 821. The van der Waals surface area contributed by atoms with Crippen molar-refractivity contribution in [3.05, 3.63) is 43.1 Å². The number of aliphatic hydroxyl groups is 1. The monoisotopic (exact) mass is 427 g/mol. The number of hydrogen-bond acceptors (Lipinski definition) is 7. The number of hydrogen-bond donors (Lipinski definition) is 2. The van der Waals surface area contributed by atoms with Crippen LogP contribution < -0.4 is 5.32 Å². The van der Waals surface area contributed by atoms with Crippen molar-refractivity contribution in [1.82, 2.24) is 4.90 Å². The minimum Gasteiger partial charge on any atom is -0.466 e. The van der Waals surface area contributed by atoms with Gasteiger partial charge in [-0.1, -0.05) is 0 Å². The van der Waals surface area contributed by atoms with Crippen LogP contribution in [0.4, 0.5) is 11.4 Å². The van der Waals surface area contributed by atoms with Crippen LogP contribution in [0.1, 0.15) is 11.1 Å². The number of nitrogens with zero attached hydrogens (tertiary/aromatic N) is 2. The van der Waals surface area contributed by atoms with Crippen LogP contribution in [0.5, 0.6) is 0 Å². The third-order valence-corrected chi connectivity index (χ3v) is 4.85. The van der Waals surface area contributed by atoms with Crippen molar-refractivity contribution in [3.8, 4) is 0 Å². The molecule has 26 heavy (non-hydrogen) atoms. The molecule has 0 bridgehead atoms. The van der Waals surface area contributed by atoms with Crippen molar-refractivity contribution >= 4 is 39.2 Å². The molecule has 2 N–H and O–H groups in total. The second kappa shape index (κ2) is 7.83. The zero-order chi connectivity index (χ0) is 19.6. The van der Waals surface area contributed by atoms with Crippen molar-refractivity contribution in [2.24, 2.45) is 0 Å². The molecule has 0 saturated heterocycles. The lowest BCUT2D eigenvalue weighted by molar-refractivity contribution is -0.385. The average Bonchev–Trinajstić information content (AvgIpc) is 2.90. The van der Waals surface area contributed by atoms with Gasteiger partial charge in [0.05, 0.1) is 36.4 Å². The van der Waals surface area contributed by atoms with E-state index in [2.05, 4.69) is 21.2 Å². The first-order valence-electron chi connectivity index (χ1n) is 7.65. The topological polar surface area (TPSA) is 122 Å². The highest BCUT2D eigenvalue weighted by Crippen LogP contribution is 2.36. The predicted molar refractivity (Wildman–Crippen MR) is 96.6 cm³/mol. The number of β-amino-alcohol motifs (C(OH)–C–C–N with tert-alkyl or cyclic N) is 1. The number of rotatable bonds is 6. The summed E-state index contributed by atoms with van der Waals surface area (Å²) in [7, 11) is 1.21. The maximum Gasteiger partial charge on any atom is 0.337 e. The lowest BCUT2D eigenvalue weighted by Gasteiger charge is -2.17. The van der Waals surface area contributed by atoms with E-state index in [-0.39, 0.29) is 36.7 Å². The SMILES string of the molecule is COC(=O)C1=C(Nc2c(Br)cc([N+](=O)[O-])c(C)c2C)C(=O)N(CCO)C1. The average molecular weight is 428 g/mol. The molecule has 0 aliphatic carbocycles. The number of anilines is 1. The maximum absolute atomic E-state index is 12.6. The molecule has 0 spiro atoms. The van der Waals surface area contributed by atoms with Crippen LogP contribution in [0.15, 0.2) is 21.8 Å². The number of aliphatic hydroxyl groups excluding tert-OH is 1. The normalized spacial score (nSPS) is 14.0. The summed E-state index contributed by atoms with van der Waals surface area (Å²) in [5.41, 5.74) is 1.57. The molecule has 0 atom stereocenters. The molecule has 140 valence electrons. The van der Waals surface area contributed by atoms with Gasteiger partial charge >= 0.3 is 5.97 Å². The van der Waals surface area contributed by atoms with Crippen molar-refractivity contribution in [2.45, 2.75) is 13.8 Å². The van der Waals surface area contributed by atoms with E-state index in [1.807, 2.05) is 0 Å². The van der Waals surface area contributed by atoms with Crippen LogP contribution in [0.2, 0.25) is 0 Å². The number of amides is 1. The van der Waals surface area contributed by atoms with E-state index in [4.69, 9.17) is 9.84 Å². The van der Waals surface area contributed by atoms with Gasteiger partial charge in [-0.15, -0.1) is 0 Å². The van der Waals surface area contributed by atoms with Gasteiger partial charge < -0.3 is 20.1 Å². The van der Waals surface area contributed by atoms with Gasteiger partial charge in [0.1, 0.15) is 5.70 Å². The number of nitrogens with one attached hydrogen (secondary N) is 1. The number of nitro groups is 1. The minimum atomic E-state index is -0.659. The van der Waals surface area contributed by atoms with E-state index in [9.17, 15) is 19.7 Å². The van der Waals surface area contributed by atoms with E-state index >= 15 is 0 Å².